The Hall–Kier alpha value is -1.75. The molecule has 1 amide bonds. The van der Waals surface area contributed by atoms with E-state index in [1.165, 1.54) is 30.8 Å². The number of amides is 1. The molecule has 108 valence electrons. The van der Waals surface area contributed by atoms with E-state index >= 15 is 0 Å². The van der Waals surface area contributed by atoms with E-state index in [9.17, 15) is 4.79 Å². The molecule has 3 unspecified atom stereocenters. The van der Waals surface area contributed by atoms with Crippen molar-refractivity contribution in [3.05, 3.63) is 30.3 Å². The predicted molar refractivity (Wildman–Crippen MR) is 82.9 cm³/mol. The lowest BCUT2D eigenvalue weighted by Gasteiger charge is -2.19. The summed E-state index contributed by atoms with van der Waals surface area (Å²) in [6.07, 6.45) is 4.82. The largest absolute Gasteiger partial charge is 0.300 e. The van der Waals surface area contributed by atoms with Crippen molar-refractivity contribution in [2.45, 2.75) is 25.7 Å². The summed E-state index contributed by atoms with van der Waals surface area (Å²) in [4.78, 5) is 16.8. The fourth-order valence-electron chi connectivity index (χ4n) is 3.74. The van der Waals surface area contributed by atoms with Crippen LogP contribution in [0.4, 0.5) is 5.13 Å². The van der Waals surface area contributed by atoms with Crippen molar-refractivity contribution in [1.82, 2.24) is 9.36 Å². The lowest BCUT2D eigenvalue weighted by Crippen LogP contribution is -2.27. The molecular weight excluding hydrogens is 282 g/mol. The van der Waals surface area contributed by atoms with Gasteiger partial charge in [-0.15, -0.1) is 0 Å². The minimum absolute atomic E-state index is 0.137. The van der Waals surface area contributed by atoms with Crippen LogP contribution in [-0.2, 0) is 4.79 Å². The van der Waals surface area contributed by atoms with Crippen LogP contribution in [0, 0.1) is 17.8 Å². The molecule has 2 bridgehead atoms. The van der Waals surface area contributed by atoms with Gasteiger partial charge in [-0.3, -0.25) is 4.79 Å². The van der Waals surface area contributed by atoms with Gasteiger partial charge in [-0.2, -0.15) is 9.36 Å². The molecule has 0 radical (unpaired) electrons. The van der Waals surface area contributed by atoms with Crippen LogP contribution in [0.3, 0.4) is 0 Å². The molecule has 2 aromatic rings. The van der Waals surface area contributed by atoms with Crippen LogP contribution < -0.4 is 5.32 Å². The molecule has 21 heavy (non-hydrogen) atoms. The summed E-state index contributed by atoms with van der Waals surface area (Å²) in [5.41, 5.74) is 0.981. The maximum absolute atomic E-state index is 12.4. The maximum atomic E-state index is 12.4. The van der Waals surface area contributed by atoms with E-state index in [0.29, 0.717) is 16.9 Å². The highest BCUT2D eigenvalue weighted by atomic mass is 32.1. The number of anilines is 1. The first-order chi connectivity index (χ1) is 10.3. The summed E-state index contributed by atoms with van der Waals surface area (Å²) in [6, 6.07) is 9.84. The summed E-state index contributed by atoms with van der Waals surface area (Å²) in [6.45, 7) is 0. The minimum atomic E-state index is 0.137. The van der Waals surface area contributed by atoms with Crippen LogP contribution >= 0.6 is 11.5 Å². The third kappa shape index (κ3) is 2.46. The average molecular weight is 299 g/mol. The highest BCUT2D eigenvalue weighted by molar-refractivity contribution is 7.10. The van der Waals surface area contributed by atoms with E-state index in [0.717, 1.165) is 17.9 Å². The maximum Gasteiger partial charge on any atom is 0.229 e. The predicted octanol–water partition coefficient (Wildman–Crippen LogP) is 3.58. The topological polar surface area (TPSA) is 54.9 Å². The number of hydrogen-bond donors (Lipinski definition) is 1. The number of nitrogens with one attached hydrogen (secondary N) is 1. The molecule has 0 spiro atoms. The van der Waals surface area contributed by atoms with Crippen molar-refractivity contribution >= 4 is 22.6 Å². The number of hydrogen-bond acceptors (Lipinski definition) is 4. The Morgan fingerprint density at radius 3 is 2.76 bits per heavy atom. The Morgan fingerprint density at radius 2 is 2.05 bits per heavy atom. The molecule has 2 saturated carbocycles. The van der Waals surface area contributed by atoms with E-state index in [4.69, 9.17) is 0 Å². The molecule has 2 aliphatic carbocycles. The Balaban J connectivity index is 1.46. The SMILES string of the molecule is O=C(Nc1nc(-c2ccccc2)ns1)C1CC2CCC1C2. The van der Waals surface area contributed by atoms with E-state index < -0.39 is 0 Å². The van der Waals surface area contributed by atoms with Crippen molar-refractivity contribution in [2.24, 2.45) is 17.8 Å². The van der Waals surface area contributed by atoms with Crippen LogP contribution in [0.25, 0.3) is 11.4 Å². The molecule has 1 N–H and O–H groups in total. The van der Waals surface area contributed by atoms with Gasteiger partial charge in [0, 0.05) is 23.0 Å². The van der Waals surface area contributed by atoms with Crippen molar-refractivity contribution in [3.63, 3.8) is 0 Å². The van der Waals surface area contributed by atoms with Crippen molar-refractivity contribution in [1.29, 1.82) is 0 Å². The quantitative estimate of drug-likeness (QED) is 0.942. The Bertz CT molecular complexity index is 655. The first-order valence-corrected chi connectivity index (χ1v) is 8.27. The van der Waals surface area contributed by atoms with E-state index in [1.807, 2.05) is 30.3 Å². The van der Waals surface area contributed by atoms with Crippen LogP contribution in [0.1, 0.15) is 25.7 Å². The smallest absolute Gasteiger partial charge is 0.229 e. The molecule has 4 nitrogen and oxygen atoms in total. The number of carbonyl (C=O) groups excluding carboxylic acids is 1. The standard InChI is InChI=1S/C16H17N3OS/c20-15(13-9-10-6-7-12(13)8-10)18-16-17-14(19-21-16)11-4-2-1-3-5-11/h1-5,10,12-13H,6-9H2,(H,17,18,19,20). The van der Waals surface area contributed by atoms with E-state index in [1.54, 1.807) is 0 Å². The van der Waals surface area contributed by atoms with Gasteiger partial charge in [0.2, 0.25) is 11.0 Å². The molecule has 1 aromatic heterocycles. The van der Waals surface area contributed by atoms with Crippen LogP contribution in [-0.4, -0.2) is 15.3 Å². The number of aromatic nitrogens is 2. The fourth-order valence-corrected chi connectivity index (χ4v) is 4.34. The minimum Gasteiger partial charge on any atom is -0.300 e. The van der Waals surface area contributed by atoms with Crippen LogP contribution in [0.2, 0.25) is 0 Å². The summed E-state index contributed by atoms with van der Waals surface area (Å²) in [5, 5.41) is 3.58. The van der Waals surface area contributed by atoms with Gasteiger partial charge in [-0.05, 0) is 31.1 Å². The van der Waals surface area contributed by atoms with Gasteiger partial charge in [0.25, 0.3) is 0 Å². The molecular formula is C16H17N3OS. The monoisotopic (exact) mass is 299 g/mol. The molecule has 0 aliphatic heterocycles. The second-order valence-electron chi connectivity index (χ2n) is 6.06. The fraction of sp³-hybridized carbons (Fsp3) is 0.438. The van der Waals surface area contributed by atoms with E-state index in [-0.39, 0.29) is 11.8 Å². The molecule has 2 aliphatic rings. The zero-order valence-electron chi connectivity index (χ0n) is 11.7. The summed E-state index contributed by atoms with van der Waals surface area (Å²) in [7, 11) is 0. The lowest BCUT2D eigenvalue weighted by atomic mass is 9.88. The Morgan fingerprint density at radius 1 is 1.19 bits per heavy atom. The van der Waals surface area contributed by atoms with Crippen molar-refractivity contribution < 1.29 is 4.79 Å². The van der Waals surface area contributed by atoms with Gasteiger partial charge in [-0.25, -0.2) is 0 Å². The molecule has 5 heteroatoms. The summed E-state index contributed by atoms with van der Waals surface area (Å²) >= 11 is 1.26. The molecule has 2 fully saturated rings. The van der Waals surface area contributed by atoms with Gasteiger partial charge in [0.1, 0.15) is 0 Å². The van der Waals surface area contributed by atoms with Crippen molar-refractivity contribution in [2.75, 3.05) is 5.32 Å². The van der Waals surface area contributed by atoms with Crippen molar-refractivity contribution in [3.8, 4) is 11.4 Å². The van der Waals surface area contributed by atoms with Gasteiger partial charge in [0.15, 0.2) is 5.82 Å². The van der Waals surface area contributed by atoms with Gasteiger partial charge < -0.3 is 5.32 Å². The number of rotatable bonds is 3. The lowest BCUT2D eigenvalue weighted by molar-refractivity contribution is -0.121. The number of fused-ring (bicyclic) bond motifs is 2. The van der Waals surface area contributed by atoms with Gasteiger partial charge >= 0.3 is 0 Å². The highest BCUT2D eigenvalue weighted by Crippen LogP contribution is 2.48. The molecule has 1 aromatic carbocycles. The molecule has 4 rings (SSSR count). The zero-order valence-corrected chi connectivity index (χ0v) is 12.5. The molecule has 3 atom stereocenters. The number of carbonyl (C=O) groups is 1. The third-order valence-electron chi connectivity index (χ3n) is 4.76. The second-order valence-corrected chi connectivity index (χ2v) is 6.81. The van der Waals surface area contributed by atoms with E-state index in [2.05, 4.69) is 14.7 Å². The number of nitrogens with zero attached hydrogens (tertiary/aromatic N) is 2. The number of benzene rings is 1. The normalized spacial score (nSPS) is 27.0. The highest BCUT2D eigenvalue weighted by Gasteiger charge is 2.43. The summed E-state index contributed by atoms with van der Waals surface area (Å²) < 4.78 is 4.33. The Labute approximate surface area is 127 Å². The van der Waals surface area contributed by atoms with Crippen LogP contribution in [0.5, 0.6) is 0 Å². The summed E-state index contributed by atoms with van der Waals surface area (Å²) in [5.74, 6) is 2.38. The van der Waals surface area contributed by atoms with Gasteiger partial charge in [-0.1, -0.05) is 36.8 Å². The zero-order chi connectivity index (χ0) is 14.2. The van der Waals surface area contributed by atoms with Crippen LogP contribution in [0.15, 0.2) is 30.3 Å². The second kappa shape index (κ2) is 5.22. The molecule has 0 saturated heterocycles. The first kappa shape index (κ1) is 13.0. The Kier molecular flexibility index (Phi) is 3.22. The van der Waals surface area contributed by atoms with Gasteiger partial charge in [0.05, 0.1) is 0 Å². The molecule has 1 heterocycles. The third-order valence-corrected chi connectivity index (χ3v) is 5.39. The first-order valence-electron chi connectivity index (χ1n) is 7.49. The average Bonchev–Trinajstić information content (AvgIpc) is 3.24.